The van der Waals surface area contributed by atoms with Gasteiger partial charge in [0.2, 0.25) is 5.82 Å². The van der Waals surface area contributed by atoms with Crippen LogP contribution < -0.4 is 19.7 Å². The Bertz CT molecular complexity index is 2620. The van der Waals surface area contributed by atoms with E-state index in [0.29, 0.717) is 60.5 Å². The number of likely N-dealkylation sites (tertiary alicyclic amines) is 1. The van der Waals surface area contributed by atoms with Gasteiger partial charge in [-0.05, 0) is 105 Å². The number of ether oxygens (including phenoxy) is 1. The SMILES string of the molecule is CC(C)c1ccccc1C1CCCN1C1CC2(CCN(c3ccc(C(=O)NS(=O)(=O)c4cnc(NCC5(F)CCCCC5)c([N+](=O)[O-])c4)c(Oc4cnc5[nH]ccc5c4)c3)CC2)C1. The molecule has 5 heterocycles. The molecule has 2 aliphatic carbocycles. The lowest BCUT2D eigenvalue weighted by Crippen LogP contribution is -2.54. The maximum absolute atomic E-state index is 15.3. The van der Waals surface area contributed by atoms with Crippen LogP contribution in [-0.4, -0.2) is 77.0 Å². The van der Waals surface area contributed by atoms with Gasteiger partial charge in [-0.3, -0.25) is 19.8 Å². The molecule has 1 spiro atoms. The number of aromatic amines is 1. The van der Waals surface area contributed by atoms with E-state index in [1.807, 2.05) is 6.07 Å². The van der Waals surface area contributed by atoms with Crippen LogP contribution in [0.1, 0.15) is 118 Å². The molecule has 3 N–H and O–H groups in total. The van der Waals surface area contributed by atoms with Crippen LogP contribution in [0.4, 0.5) is 21.6 Å². The van der Waals surface area contributed by atoms with E-state index in [4.69, 9.17) is 4.74 Å². The molecular weight excluding hydrogens is 824 g/mol. The summed E-state index contributed by atoms with van der Waals surface area (Å²) in [5.41, 5.74) is 2.47. The quantitative estimate of drug-likeness (QED) is 0.0759. The van der Waals surface area contributed by atoms with Crippen molar-refractivity contribution >= 4 is 44.2 Å². The number of piperidine rings is 1. The molecule has 4 aliphatic rings. The highest BCUT2D eigenvalue weighted by Gasteiger charge is 2.50. The van der Waals surface area contributed by atoms with Crippen molar-refractivity contribution in [1.82, 2.24) is 24.6 Å². The number of aromatic nitrogens is 3. The van der Waals surface area contributed by atoms with E-state index in [0.717, 1.165) is 62.2 Å². The van der Waals surface area contributed by atoms with Crippen molar-refractivity contribution < 1.29 is 27.3 Å². The predicted molar refractivity (Wildman–Crippen MR) is 240 cm³/mol. The Morgan fingerprint density at radius 1 is 0.984 bits per heavy atom. The number of sulfonamides is 1. The van der Waals surface area contributed by atoms with E-state index < -0.39 is 37.1 Å². The normalized spacial score (nSPS) is 20.2. The minimum absolute atomic E-state index is 0.0625. The van der Waals surface area contributed by atoms with E-state index in [1.54, 1.807) is 24.4 Å². The summed E-state index contributed by atoms with van der Waals surface area (Å²) in [4.78, 5) is 41.1. The monoisotopic (exact) mass is 878 g/mol. The molecule has 3 aromatic heterocycles. The number of H-pyrrole nitrogens is 1. The average Bonchev–Trinajstić information content (AvgIpc) is 3.95. The number of hydrogen-bond acceptors (Lipinski definition) is 11. The van der Waals surface area contributed by atoms with Gasteiger partial charge in [-0.2, -0.15) is 0 Å². The van der Waals surface area contributed by atoms with Crippen LogP contribution in [0.2, 0.25) is 0 Å². The number of amides is 1. The summed E-state index contributed by atoms with van der Waals surface area (Å²) in [5.74, 6) is -0.299. The van der Waals surface area contributed by atoms with Gasteiger partial charge in [-0.1, -0.05) is 57.4 Å². The summed E-state index contributed by atoms with van der Waals surface area (Å²) in [6, 6.07) is 19.5. The number of nitrogens with zero attached hydrogens (tertiary/aromatic N) is 5. The van der Waals surface area contributed by atoms with Crippen molar-refractivity contribution in [3.63, 3.8) is 0 Å². The van der Waals surface area contributed by atoms with Crippen molar-refractivity contribution in [1.29, 1.82) is 0 Å². The lowest BCUT2D eigenvalue weighted by molar-refractivity contribution is -0.384. The molecule has 1 unspecified atom stereocenters. The number of carbonyl (C=O) groups is 1. The molecule has 1 amide bonds. The Labute approximate surface area is 367 Å². The molecule has 332 valence electrons. The zero-order valence-corrected chi connectivity index (χ0v) is 36.6. The van der Waals surface area contributed by atoms with Crippen LogP contribution in [0.3, 0.4) is 0 Å². The second-order valence-corrected chi connectivity index (χ2v) is 20.1. The Morgan fingerprint density at radius 3 is 2.52 bits per heavy atom. The van der Waals surface area contributed by atoms with Crippen LogP contribution in [0.15, 0.2) is 84.1 Å². The second kappa shape index (κ2) is 17.2. The third kappa shape index (κ3) is 8.84. The molecule has 9 rings (SSSR count). The van der Waals surface area contributed by atoms with Crippen molar-refractivity contribution in [2.75, 3.05) is 36.4 Å². The smallest absolute Gasteiger partial charge is 0.312 e. The van der Waals surface area contributed by atoms with Gasteiger partial charge in [-0.25, -0.2) is 27.5 Å². The number of nitrogens with one attached hydrogen (secondary N) is 3. The number of benzene rings is 2. The number of rotatable bonds is 13. The molecule has 1 atom stereocenters. The Balaban J connectivity index is 0.905. The minimum atomic E-state index is -4.67. The van der Waals surface area contributed by atoms with Crippen LogP contribution in [0.25, 0.3) is 11.0 Å². The molecule has 4 fully saturated rings. The lowest BCUT2D eigenvalue weighted by Gasteiger charge is -2.56. The zero-order valence-electron chi connectivity index (χ0n) is 35.8. The van der Waals surface area contributed by atoms with Crippen molar-refractivity contribution in [3.8, 4) is 11.5 Å². The topological polar surface area (TPSA) is 176 Å². The summed E-state index contributed by atoms with van der Waals surface area (Å²) in [6.45, 7) is 7.16. The summed E-state index contributed by atoms with van der Waals surface area (Å²) in [6.07, 6.45) is 14.1. The summed E-state index contributed by atoms with van der Waals surface area (Å²) in [5, 5.41) is 15.6. The van der Waals surface area contributed by atoms with Gasteiger partial charge in [0.1, 0.15) is 27.7 Å². The first-order valence-electron chi connectivity index (χ1n) is 22.3. The molecular formula is C47H55FN8O6S. The first-order chi connectivity index (χ1) is 30.3. The fraction of sp³-hybridized carbons (Fsp3) is 0.468. The molecule has 2 aliphatic heterocycles. The number of hydrogen-bond donors (Lipinski definition) is 3. The Morgan fingerprint density at radius 2 is 1.76 bits per heavy atom. The molecule has 63 heavy (non-hydrogen) atoms. The van der Waals surface area contributed by atoms with E-state index >= 15 is 4.39 Å². The average molecular weight is 879 g/mol. The zero-order chi connectivity index (χ0) is 43.9. The van der Waals surface area contributed by atoms with Gasteiger partial charge >= 0.3 is 5.69 Å². The summed E-state index contributed by atoms with van der Waals surface area (Å²) < 4.78 is 51.0. The van der Waals surface area contributed by atoms with Gasteiger partial charge in [-0.15, -0.1) is 0 Å². The van der Waals surface area contributed by atoms with Crippen LogP contribution in [-0.2, 0) is 10.0 Å². The van der Waals surface area contributed by atoms with Crippen LogP contribution in [0.5, 0.6) is 11.5 Å². The number of alkyl halides is 1. The maximum Gasteiger partial charge on any atom is 0.312 e. The maximum atomic E-state index is 15.3. The van der Waals surface area contributed by atoms with Gasteiger partial charge in [0, 0.05) is 54.6 Å². The first kappa shape index (κ1) is 42.7. The summed E-state index contributed by atoms with van der Waals surface area (Å²) in [7, 11) is -4.67. The standard InChI is InChI=1S/C47H55FN8O6S/c1-31(2)37-9-4-5-10-38(37)40-11-8-20-55(40)34-26-46(27-34)17-21-54(22-18-46)33-12-13-39(42(24-33)62-35-23-32-14-19-49-43(32)50-28-35)45(57)53-63(60,61)36-25-41(56(58)59)44(51-29-36)52-30-47(48)15-6-3-7-16-47/h4-5,9-10,12-14,19,23-25,28-29,31,34,40H,3,6-8,11,15-18,20-22,26-27,30H2,1-2H3,(H,49,50)(H,51,52)(H,53,57). The molecule has 0 bridgehead atoms. The molecule has 0 radical (unpaired) electrons. The van der Waals surface area contributed by atoms with Gasteiger partial charge in [0.15, 0.2) is 0 Å². The highest BCUT2D eigenvalue weighted by Crippen LogP contribution is 2.54. The number of fused-ring (bicyclic) bond motifs is 1. The molecule has 5 aromatic rings. The van der Waals surface area contributed by atoms with Crippen LogP contribution >= 0.6 is 0 Å². The molecule has 16 heteroatoms. The highest BCUT2D eigenvalue weighted by atomic mass is 32.2. The fourth-order valence-corrected chi connectivity index (χ4v) is 11.4. The van der Waals surface area contributed by atoms with E-state index in [1.165, 1.54) is 49.1 Å². The number of carbonyl (C=O) groups excluding carboxylic acids is 1. The van der Waals surface area contributed by atoms with Gasteiger partial charge < -0.3 is 19.9 Å². The van der Waals surface area contributed by atoms with Crippen molar-refractivity contribution in [2.45, 2.75) is 113 Å². The largest absolute Gasteiger partial charge is 0.455 e. The molecule has 2 saturated carbocycles. The molecule has 2 aromatic carbocycles. The van der Waals surface area contributed by atoms with E-state index in [2.05, 4.69) is 72.9 Å². The number of pyridine rings is 2. The Hall–Kier alpha value is -5.61. The van der Waals surface area contributed by atoms with Crippen LogP contribution in [0, 0.1) is 15.5 Å². The Kier molecular flexibility index (Phi) is 11.6. The van der Waals surface area contributed by atoms with E-state index in [9.17, 15) is 23.3 Å². The number of halogens is 1. The summed E-state index contributed by atoms with van der Waals surface area (Å²) >= 11 is 0. The van der Waals surface area contributed by atoms with Gasteiger partial charge in [0.05, 0.1) is 29.4 Å². The minimum Gasteiger partial charge on any atom is -0.455 e. The number of nitro groups is 1. The number of anilines is 2. The van der Waals surface area contributed by atoms with Gasteiger partial charge in [0.25, 0.3) is 15.9 Å². The van der Waals surface area contributed by atoms with E-state index in [-0.39, 0.29) is 23.7 Å². The predicted octanol–water partition coefficient (Wildman–Crippen LogP) is 9.57. The molecule has 14 nitrogen and oxygen atoms in total. The highest BCUT2D eigenvalue weighted by molar-refractivity contribution is 7.90. The first-order valence-corrected chi connectivity index (χ1v) is 23.8. The fourth-order valence-electron chi connectivity index (χ4n) is 10.5. The second-order valence-electron chi connectivity index (χ2n) is 18.4. The lowest BCUT2D eigenvalue weighted by atomic mass is 9.59. The third-order valence-corrected chi connectivity index (χ3v) is 15.3. The molecule has 2 saturated heterocycles. The van der Waals surface area contributed by atoms with Crippen molar-refractivity contribution in [2.24, 2.45) is 5.41 Å². The third-order valence-electron chi connectivity index (χ3n) is 14.0. The van der Waals surface area contributed by atoms with Crippen molar-refractivity contribution in [3.05, 3.63) is 106 Å².